The number of halogens is 2. The summed E-state index contributed by atoms with van der Waals surface area (Å²) in [4.78, 5) is 15.5. The molecule has 0 heterocycles. The quantitative estimate of drug-likeness (QED) is 0.432. The van der Waals surface area contributed by atoms with Gasteiger partial charge in [0.05, 0.1) is 11.3 Å². The number of carboxylic acids is 1. The molecule has 0 spiro atoms. The number of carboxylic acid groups (broad SMARTS) is 1. The highest BCUT2D eigenvalue weighted by Crippen LogP contribution is 2.26. The molecule has 0 aliphatic heterocycles. The van der Waals surface area contributed by atoms with Crippen molar-refractivity contribution in [2.75, 3.05) is 0 Å². The Kier molecular flexibility index (Phi) is 6.49. The van der Waals surface area contributed by atoms with E-state index in [1.807, 2.05) is 43.3 Å². The molecule has 0 saturated carbocycles. The van der Waals surface area contributed by atoms with Crippen LogP contribution >= 0.6 is 27.5 Å². The summed E-state index contributed by atoms with van der Waals surface area (Å²) in [6.07, 6.45) is 1.74. The van der Waals surface area contributed by atoms with Crippen LogP contribution in [0.15, 0.2) is 70.1 Å². The second-order valence-electron chi connectivity index (χ2n) is 6.16. The number of ether oxygens (including phenoxy) is 1. The number of aryl methyl sites for hydroxylation is 1. The fourth-order valence-corrected chi connectivity index (χ4v) is 3.06. The summed E-state index contributed by atoms with van der Waals surface area (Å²) in [5.74, 6) is -0.274. The number of aliphatic imine (C=N–C) groups is 1. The number of hydrogen-bond acceptors (Lipinski definition) is 3. The fraction of sp³-hybridized carbons (Fsp3) is 0.0909. The zero-order chi connectivity index (χ0) is 20.1. The largest absolute Gasteiger partial charge is 0.488 e. The summed E-state index contributed by atoms with van der Waals surface area (Å²) in [7, 11) is 0. The van der Waals surface area contributed by atoms with Gasteiger partial charge in [0.1, 0.15) is 12.4 Å². The Morgan fingerprint density at radius 1 is 1.14 bits per heavy atom. The van der Waals surface area contributed by atoms with E-state index in [4.69, 9.17) is 21.4 Å². The van der Waals surface area contributed by atoms with E-state index in [9.17, 15) is 4.79 Å². The van der Waals surface area contributed by atoms with Crippen LogP contribution in [-0.2, 0) is 6.61 Å². The Labute approximate surface area is 176 Å². The van der Waals surface area contributed by atoms with E-state index in [1.54, 1.807) is 30.5 Å². The van der Waals surface area contributed by atoms with E-state index in [1.165, 1.54) is 0 Å². The van der Waals surface area contributed by atoms with Crippen LogP contribution in [0.2, 0.25) is 5.02 Å². The average molecular weight is 459 g/mol. The Hall–Kier alpha value is -2.63. The smallest absolute Gasteiger partial charge is 0.335 e. The molecule has 0 aromatic heterocycles. The lowest BCUT2D eigenvalue weighted by atomic mass is 10.1. The van der Waals surface area contributed by atoms with Crippen molar-refractivity contribution in [3.8, 4) is 5.75 Å². The van der Waals surface area contributed by atoms with E-state index >= 15 is 0 Å². The van der Waals surface area contributed by atoms with Gasteiger partial charge in [0, 0.05) is 21.3 Å². The van der Waals surface area contributed by atoms with Gasteiger partial charge in [-0.05, 0) is 60.5 Å². The lowest BCUT2D eigenvalue weighted by Crippen LogP contribution is -2.00. The zero-order valence-electron chi connectivity index (χ0n) is 15.0. The normalized spacial score (nSPS) is 11.0. The third-order valence-corrected chi connectivity index (χ3v) is 4.81. The van der Waals surface area contributed by atoms with E-state index in [0.717, 1.165) is 26.9 Å². The molecule has 0 bridgehead atoms. The fourth-order valence-electron chi connectivity index (χ4n) is 2.52. The lowest BCUT2D eigenvalue weighted by Gasteiger charge is -2.10. The molecular weight excluding hydrogens is 442 g/mol. The molecule has 1 N–H and O–H groups in total. The molecule has 0 atom stereocenters. The molecule has 0 unspecified atom stereocenters. The van der Waals surface area contributed by atoms with Crippen molar-refractivity contribution in [3.63, 3.8) is 0 Å². The summed E-state index contributed by atoms with van der Waals surface area (Å²) in [6, 6.07) is 17.9. The minimum atomic E-state index is -0.949. The van der Waals surface area contributed by atoms with Crippen molar-refractivity contribution in [3.05, 3.63) is 92.4 Å². The van der Waals surface area contributed by atoms with Gasteiger partial charge in [-0.1, -0.05) is 45.7 Å². The molecule has 0 saturated heterocycles. The Morgan fingerprint density at radius 2 is 1.89 bits per heavy atom. The topological polar surface area (TPSA) is 58.9 Å². The summed E-state index contributed by atoms with van der Waals surface area (Å²) in [5.41, 5.74) is 3.76. The molecule has 28 heavy (non-hydrogen) atoms. The second-order valence-corrected chi connectivity index (χ2v) is 7.51. The maximum Gasteiger partial charge on any atom is 0.335 e. The number of benzene rings is 3. The lowest BCUT2D eigenvalue weighted by molar-refractivity contribution is 0.0697. The molecule has 0 amide bonds. The molecule has 0 aliphatic rings. The number of aromatic carboxylic acids is 1. The zero-order valence-corrected chi connectivity index (χ0v) is 17.4. The Morgan fingerprint density at radius 3 is 2.61 bits per heavy atom. The summed E-state index contributed by atoms with van der Waals surface area (Å²) in [5, 5.41) is 9.61. The van der Waals surface area contributed by atoms with Gasteiger partial charge >= 0.3 is 5.97 Å². The molecule has 0 fully saturated rings. The van der Waals surface area contributed by atoms with Crippen LogP contribution in [0.4, 0.5) is 5.69 Å². The first-order chi connectivity index (χ1) is 13.4. The highest BCUT2D eigenvalue weighted by Gasteiger charge is 2.06. The van der Waals surface area contributed by atoms with E-state index in [2.05, 4.69) is 20.9 Å². The third kappa shape index (κ3) is 5.21. The minimum Gasteiger partial charge on any atom is -0.488 e. The van der Waals surface area contributed by atoms with Crippen molar-refractivity contribution in [2.24, 2.45) is 4.99 Å². The van der Waals surface area contributed by atoms with Crippen LogP contribution in [0.5, 0.6) is 5.75 Å². The number of nitrogens with zero attached hydrogens (tertiary/aromatic N) is 1. The highest BCUT2D eigenvalue weighted by molar-refractivity contribution is 9.10. The third-order valence-electron chi connectivity index (χ3n) is 4.08. The summed E-state index contributed by atoms with van der Waals surface area (Å²) in [6.45, 7) is 2.29. The van der Waals surface area contributed by atoms with Gasteiger partial charge in [-0.2, -0.15) is 0 Å². The number of rotatable bonds is 6. The van der Waals surface area contributed by atoms with Crippen molar-refractivity contribution in [1.82, 2.24) is 0 Å². The van der Waals surface area contributed by atoms with Crippen LogP contribution in [-0.4, -0.2) is 17.3 Å². The summed E-state index contributed by atoms with van der Waals surface area (Å²) < 4.78 is 6.85. The first kappa shape index (κ1) is 20.1. The number of hydrogen-bond donors (Lipinski definition) is 1. The Balaban J connectivity index is 1.79. The molecular formula is C22H17BrClNO3. The minimum absolute atomic E-state index is 0.247. The van der Waals surface area contributed by atoms with Gasteiger partial charge in [-0.25, -0.2) is 4.79 Å². The molecule has 3 aromatic carbocycles. The van der Waals surface area contributed by atoms with Crippen LogP contribution in [0.25, 0.3) is 0 Å². The van der Waals surface area contributed by atoms with Crippen molar-refractivity contribution in [2.45, 2.75) is 13.5 Å². The molecule has 3 aromatic rings. The Bertz CT molecular complexity index is 1030. The average Bonchev–Trinajstić information content (AvgIpc) is 2.68. The SMILES string of the molecule is Cc1ccc(Cl)cc1N=Cc1cc(Br)ccc1OCc1ccc(C(=O)O)cc1. The molecule has 0 radical (unpaired) electrons. The van der Waals surface area contributed by atoms with Gasteiger partial charge in [-0.15, -0.1) is 0 Å². The van der Waals surface area contributed by atoms with Gasteiger partial charge < -0.3 is 9.84 Å². The second kappa shape index (κ2) is 9.04. The standard InChI is InChI=1S/C22H17BrClNO3/c1-14-2-8-19(24)11-20(14)25-12-17-10-18(23)7-9-21(17)28-13-15-3-5-16(6-4-15)22(26)27/h2-12H,13H2,1H3,(H,26,27). The monoisotopic (exact) mass is 457 g/mol. The van der Waals surface area contributed by atoms with E-state index < -0.39 is 5.97 Å². The van der Waals surface area contributed by atoms with Crippen molar-refractivity contribution >= 4 is 45.4 Å². The predicted molar refractivity (Wildman–Crippen MR) is 115 cm³/mol. The predicted octanol–water partition coefficient (Wildman–Crippen LogP) is 6.44. The van der Waals surface area contributed by atoms with Crippen LogP contribution in [0, 0.1) is 6.92 Å². The molecule has 3 rings (SSSR count). The molecule has 0 aliphatic carbocycles. The maximum absolute atomic E-state index is 10.9. The van der Waals surface area contributed by atoms with E-state index in [-0.39, 0.29) is 5.56 Å². The molecule has 142 valence electrons. The highest BCUT2D eigenvalue weighted by atomic mass is 79.9. The first-order valence-corrected chi connectivity index (χ1v) is 9.64. The summed E-state index contributed by atoms with van der Waals surface area (Å²) >= 11 is 9.53. The van der Waals surface area contributed by atoms with Crippen molar-refractivity contribution < 1.29 is 14.6 Å². The van der Waals surface area contributed by atoms with Gasteiger partial charge in [-0.3, -0.25) is 4.99 Å². The molecule has 6 heteroatoms. The van der Waals surface area contributed by atoms with Crippen LogP contribution in [0.1, 0.15) is 27.0 Å². The molecule has 4 nitrogen and oxygen atoms in total. The van der Waals surface area contributed by atoms with E-state index in [0.29, 0.717) is 17.4 Å². The van der Waals surface area contributed by atoms with Gasteiger partial charge in [0.2, 0.25) is 0 Å². The van der Waals surface area contributed by atoms with Crippen LogP contribution < -0.4 is 4.74 Å². The van der Waals surface area contributed by atoms with Crippen LogP contribution in [0.3, 0.4) is 0 Å². The first-order valence-electron chi connectivity index (χ1n) is 8.47. The van der Waals surface area contributed by atoms with Gasteiger partial charge in [0.15, 0.2) is 0 Å². The maximum atomic E-state index is 10.9. The van der Waals surface area contributed by atoms with Crippen molar-refractivity contribution in [1.29, 1.82) is 0 Å². The van der Waals surface area contributed by atoms with Gasteiger partial charge in [0.25, 0.3) is 0 Å². The number of carbonyl (C=O) groups is 1.